The lowest BCUT2D eigenvalue weighted by molar-refractivity contribution is 0.174. The smallest absolute Gasteiger partial charge is 0.238 e. The fraction of sp³-hybridized carbons (Fsp3) is 0.250. The minimum atomic E-state index is -0.0289. The van der Waals surface area contributed by atoms with Crippen LogP contribution in [0.3, 0.4) is 0 Å². The number of rotatable bonds is 4. The molecule has 2 aromatic carbocycles. The molecule has 0 amide bonds. The van der Waals surface area contributed by atoms with E-state index in [1.165, 1.54) is 0 Å². The van der Waals surface area contributed by atoms with Gasteiger partial charge in [0.25, 0.3) is 0 Å². The maximum Gasteiger partial charge on any atom is 0.238 e. The molecule has 0 aliphatic carbocycles. The Balaban J connectivity index is 1.49. The van der Waals surface area contributed by atoms with Crippen LogP contribution in [0, 0.1) is 6.92 Å². The highest BCUT2D eigenvalue weighted by Gasteiger charge is 2.30. The van der Waals surface area contributed by atoms with Crippen molar-refractivity contribution in [3.05, 3.63) is 83.2 Å². The molecule has 6 rings (SSSR count). The summed E-state index contributed by atoms with van der Waals surface area (Å²) in [6.07, 6.45) is 1.84. The van der Waals surface area contributed by atoms with Gasteiger partial charge in [-0.05, 0) is 24.6 Å². The normalized spacial score (nSPS) is 16.6. The first-order valence-corrected chi connectivity index (χ1v) is 10.6. The van der Waals surface area contributed by atoms with Gasteiger partial charge in [-0.15, -0.1) is 10.2 Å². The largest absolute Gasteiger partial charge is 0.474 e. The number of aliphatic imine (C=N–C) groups is 1. The van der Waals surface area contributed by atoms with Crippen molar-refractivity contribution in [3.8, 4) is 17.1 Å². The maximum atomic E-state index is 6.03. The van der Waals surface area contributed by atoms with E-state index in [1.807, 2.05) is 24.5 Å². The second kappa shape index (κ2) is 7.42. The van der Waals surface area contributed by atoms with Crippen LogP contribution in [0.5, 0.6) is 0 Å². The van der Waals surface area contributed by atoms with E-state index in [2.05, 4.69) is 56.6 Å². The van der Waals surface area contributed by atoms with Gasteiger partial charge in [0.1, 0.15) is 31.3 Å². The number of ether oxygens (including phenoxy) is 2. The Morgan fingerprint density at radius 1 is 1.12 bits per heavy atom. The minimum Gasteiger partial charge on any atom is -0.474 e. The van der Waals surface area contributed by atoms with Crippen LogP contribution in [0.15, 0.2) is 59.9 Å². The summed E-state index contributed by atoms with van der Waals surface area (Å²) in [6.45, 7) is 3.51. The summed E-state index contributed by atoms with van der Waals surface area (Å²) in [7, 11) is 1.66. The zero-order chi connectivity index (χ0) is 21.7. The number of benzene rings is 2. The van der Waals surface area contributed by atoms with Crippen LogP contribution in [0.4, 0.5) is 0 Å². The lowest BCUT2D eigenvalue weighted by Gasteiger charge is -2.09. The van der Waals surface area contributed by atoms with Crippen molar-refractivity contribution in [2.75, 3.05) is 13.7 Å². The number of hydrogen-bond acceptors (Lipinski definition) is 6. The van der Waals surface area contributed by atoms with Gasteiger partial charge in [-0.1, -0.05) is 42.0 Å². The van der Waals surface area contributed by atoms with Crippen LogP contribution in [-0.2, 0) is 22.6 Å². The molecule has 0 unspecified atom stereocenters. The summed E-state index contributed by atoms with van der Waals surface area (Å²) in [6, 6.07) is 16.5. The molecule has 8 nitrogen and oxygen atoms in total. The van der Waals surface area contributed by atoms with Crippen molar-refractivity contribution in [1.29, 1.82) is 0 Å². The van der Waals surface area contributed by atoms with Gasteiger partial charge in [-0.3, -0.25) is 4.57 Å². The number of methoxy groups -OCH3 is 1. The highest BCUT2D eigenvalue weighted by atomic mass is 16.5. The van der Waals surface area contributed by atoms with Gasteiger partial charge < -0.3 is 14.0 Å². The van der Waals surface area contributed by atoms with Crippen LogP contribution in [0.1, 0.15) is 34.4 Å². The minimum absolute atomic E-state index is 0.0289. The lowest BCUT2D eigenvalue weighted by atomic mass is 10.1. The van der Waals surface area contributed by atoms with Gasteiger partial charge in [-0.25, -0.2) is 9.98 Å². The Labute approximate surface area is 185 Å². The molecule has 0 N–H and O–H groups in total. The first kappa shape index (κ1) is 18.9. The zero-order valence-corrected chi connectivity index (χ0v) is 17.9. The quantitative estimate of drug-likeness (QED) is 0.440. The molecule has 2 aliphatic rings. The molecular weight excluding hydrogens is 404 g/mol. The first-order chi connectivity index (χ1) is 15.7. The van der Waals surface area contributed by atoms with Gasteiger partial charge in [0, 0.05) is 12.7 Å². The van der Waals surface area contributed by atoms with E-state index in [-0.39, 0.29) is 6.04 Å². The van der Waals surface area contributed by atoms with E-state index in [9.17, 15) is 0 Å². The fourth-order valence-corrected chi connectivity index (χ4v) is 4.39. The van der Waals surface area contributed by atoms with Gasteiger partial charge in [0.15, 0.2) is 11.6 Å². The van der Waals surface area contributed by atoms with Crippen molar-refractivity contribution >= 4 is 5.90 Å². The molecule has 0 saturated carbocycles. The molecule has 1 atom stereocenters. The van der Waals surface area contributed by atoms with Gasteiger partial charge in [-0.2, -0.15) is 0 Å². The summed E-state index contributed by atoms with van der Waals surface area (Å²) >= 11 is 0. The van der Waals surface area contributed by atoms with Crippen molar-refractivity contribution < 1.29 is 9.47 Å². The van der Waals surface area contributed by atoms with Crippen LogP contribution < -0.4 is 0 Å². The summed E-state index contributed by atoms with van der Waals surface area (Å²) < 4.78 is 15.6. The fourth-order valence-electron chi connectivity index (χ4n) is 4.39. The Hall–Kier alpha value is -3.78. The van der Waals surface area contributed by atoms with Crippen molar-refractivity contribution in [1.82, 2.24) is 24.3 Å². The highest BCUT2D eigenvalue weighted by Crippen LogP contribution is 2.34. The Bertz CT molecular complexity index is 1340. The SMILES string of the molecule is COCc1nnc2n1Cc1c(C3=N[C@H](c4ccccc4)CO3)ncn1-c1ccc(C)cc1-2. The number of aryl methyl sites for hydroxylation is 1. The molecule has 160 valence electrons. The molecule has 2 aromatic heterocycles. The van der Waals surface area contributed by atoms with E-state index >= 15 is 0 Å². The predicted octanol–water partition coefficient (Wildman–Crippen LogP) is 3.47. The molecule has 4 heterocycles. The van der Waals surface area contributed by atoms with Gasteiger partial charge >= 0.3 is 0 Å². The summed E-state index contributed by atoms with van der Waals surface area (Å²) in [5.74, 6) is 2.17. The third kappa shape index (κ3) is 2.95. The molecule has 8 heteroatoms. The van der Waals surface area contributed by atoms with E-state index in [0.29, 0.717) is 25.7 Å². The van der Waals surface area contributed by atoms with Crippen LogP contribution >= 0.6 is 0 Å². The third-order valence-electron chi connectivity index (χ3n) is 5.97. The molecule has 0 radical (unpaired) electrons. The van der Waals surface area contributed by atoms with Crippen molar-refractivity contribution in [2.24, 2.45) is 4.99 Å². The average Bonchev–Trinajstić information content (AvgIpc) is 3.53. The molecule has 4 aromatic rings. The Morgan fingerprint density at radius 2 is 2.00 bits per heavy atom. The number of nitrogens with zero attached hydrogens (tertiary/aromatic N) is 6. The summed E-state index contributed by atoms with van der Waals surface area (Å²) in [4.78, 5) is 9.59. The second-order valence-corrected chi connectivity index (χ2v) is 8.06. The number of fused-ring (bicyclic) bond motifs is 5. The molecule has 0 spiro atoms. The van der Waals surface area contributed by atoms with E-state index in [4.69, 9.17) is 19.5 Å². The van der Waals surface area contributed by atoms with Gasteiger partial charge in [0.05, 0.1) is 17.9 Å². The third-order valence-corrected chi connectivity index (χ3v) is 5.97. The average molecular weight is 426 g/mol. The van der Waals surface area contributed by atoms with Crippen LogP contribution in [0.2, 0.25) is 0 Å². The van der Waals surface area contributed by atoms with E-state index in [0.717, 1.165) is 45.4 Å². The summed E-state index contributed by atoms with van der Waals surface area (Å²) in [5.41, 5.74) is 6.05. The summed E-state index contributed by atoms with van der Waals surface area (Å²) in [5, 5.41) is 8.89. The molecule has 2 aliphatic heterocycles. The molecule has 0 saturated heterocycles. The van der Waals surface area contributed by atoms with Crippen molar-refractivity contribution in [2.45, 2.75) is 26.1 Å². The predicted molar refractivity (Wildman–Crippen MR) is 119 cm³/mol. The molecule has 32 heavy (non-hydrogen) atoms. The molecule has 0 bridgehead atoms. The Morgan fingerprint density at radius 3 is 2.84 bits per heavy atom. The Kier molecular flexibility index (Phi) is 4.39. The monoisotopic (exact) mass is 426 g/mol. The van der Waals surface area contributed by atoms with Crippen molar-refractivity contribution in [3.63, 3.8) is 0 Å². The first-order valence-electron chi connectivity index (χ1n) is 10.6. The van der Waals surface area contributed by atoms with Crippen LogP contribution in [0.25, 0.3) is 17.1 Å². The molecule has 0 fully saturated rings. The number of hydrogen-bond donors (Lipinski definition) is 0. The zero-order valence-electron chi connectivity index (χ0n) is 17.9. The number of imidazole rings is 1. The molecular formula is C24H22N6O2. The van der Waals surface area contributed by atoms with E-state index in [1.54, 1.807) is 7.11 Å². The van der Waals surface area contributed by atoms with Crippen LogP contribution in [-0.4, -0.2) is 43.9 Å². The van der Waals surface area contributed by atoms with E-state index < -0.39 is 0 Å². The topological polar surface area (TPSA) is 79.3 Å². The van der Waals surface area contributed by atoms with Gasteiger partial charge in [0.2, 0.25) is 5.90 Å². The lowest BCUT2D eigenvalue weighted by Crippen LogP contribution is -2.13. The second-order valence-electron chi connectivity index (χ2n) is 8.06. The highest BCUT2D eigenvalue weighted by molar-refractivity contribution is 5.95. The standard InChI is InChI=1S/C24H22N6O2/c1-15-8-9-19-17(10-15)23-28-27-21(13-31-2)29(23)11-20-22(25-14-30(19)20)24-26-18(12-32-24)16-6-4-3-5-7-16/h3-10,14,18H,11-13H2,1-2H3/t18-/m0/s1. The maximum absolute atomic E-state index is 6.03. The number of aromatic nitrogens is 5.